The van der Waals surface area contributed by atoms with Crippen LogP contribution >= 0.6 is 0 Å². The largest absolute Gasteiger partial charge is 0.385 e. The molecule has 2 N–H and O–H groups in total. The average Bonchev–Trinajstić information content (AvgIpc) is 3.24. The number of rotatable bonds is 4. The van der Waals surface area contributed by atoms with E-state index < -0.39 is 6.43 Å². The van der Waals surface area contributed by atoms with Crippen LogP contribution in [0.2, 0.25) is 0 Å². The van der Waals surface area contributed by atoms with Gasteiger partial charge in [0.05, 0.1) is 11.0 Å². The molecule has 2 atom stereocenters. The highest BCUT2D eigenvalue weighted by Gasteiger charge is 2.30. The van der Waals surface area contributed by atoms with Crippen molar-refractivity contribution in [3.05, 3.63) is 71.1 Å². The molecule has 192 valence electrons. The molecule has 1 aliphatic heterocycles. The highest BCUT2D eigenvalue weighted by molar-refractivity contribution is 5.82. The van der Waals surface area contributed by atoms with Crippen LogP contribution in [0.15, 0.2) is 42.7 Å². The normalized spacial score (nSPS) is 20.8. The first-order valence-electron chi connectivity index (χ1n) is 13.2. The summed E-state index contributed by atoms with van der Waals surface area (Å²) in [4.78, 5) is 16.1. The van der Waals surface area contributed by atoms with Crippen molar-refractivity contribution in [2.45, 2.75) is 59.3 Å². The first kappa shape index (κ1) is 24.0. The minimum Gasteiger partial charge on any atom is -0.385 e. The number of benzene rings is 2. The van der Waals surface area contributed by atoms with E-state index in [0.717, 1.165) is 43.4 Å². The predicted molar refractivity (Wildman–Crippen MR) is 143 cm³/mol. The van der Waals surface area contributed by atoms with Crippen LogP contribution in [0, 0.1) is 17.3 Å². The molecule has 0 amide bonds. The van der Waals surface area contributed by atoms with E-state index in [1.807, 2.05) is 12.1 Å². The summed E-state index contributed by atoms with van der Waals surface area (Å²) in [6.07, 6.45) is 4.34. The minimum absolute atomic E-state index is 0.285. The van der Waals surface area contributed by atoms with Gasteiger partial charge in [-0.1, -0.05) is 32.9 Å². The Labute approximate surface area is 216 Å². The van der Waals surface area contributed by atoms with Crippen LogP contribution in [0.5, 0.6) is 0 Å². The van der Waals surface area contributed by atoms with Crippen molar-refractivity contribution in [1.29, 1.82) is 0 Å². The molecule has 3 heterocycles. The lowest BCUT2D eigenvalue weighted by Gasteiger charge is -2.32. The molecule has 2 aliphatic rings. The molecule has 37 heavy (non-hydrogen) atoms. The number of aromatic amines is 1. The zero-order valence-corrected chi connectivity index (χ0v) is 21.6. The fraction of sp³-hybridized carbons (Fsp3) is 0.433. The molecule has 1 aliphatic carbocycles. The van der Waals surface area contributed by atoms with Crippen LogP contribution in [-0.2, 0) is 25.7 Å². The summed E-state index contributed by atoms with van der Waals surface area (Å²) in [7, 11) is 0. The fourth-order valence-corrected chi connectivity index (χ4v) is 6.01. The first-order chi connectivity index (χ1) is 17.8. The summed E-state index contributed by atoms with van der Waals surface area (Å²) in [6.45, 7) is 7.94. The predicted octanol–water partition coefficient (Wildman–Crippen LogP) is 6.94. The van der Waals surface area contributed by atoms with Crippen molar-refractivity contribution in [3.8, 4) is 11.1 Å². The number of nitrogens with zero attached hydrogens (tertiary/aromatic N) is 3. The standard InChI is InChI=1S/C30H33F2N5/c1-17-10-20-11-18(19-5-7-25-27(12-19)37-29(36-25)28(31)32)4-6-23(20)33-15-21(17)13-26-22-14-30(2,3)9-8-24(22)34-16-35-26/h4-7,11-12,16-17,21,28,33H,8-10,13-15H2,1-3H3,(H,36,37). The van der Waals surface area contributed by atoms with E-state index in [2.05, 4.69) is 59.2 Å². The van der Waals surface area contributed by atoms with Gasteiger partial charge in [-0.05, 0) is 95.9 Å². The first-order valence-corrected chi connectivity index (χ1v) is 13.2. The van der Waals surface area contributed by atoms with Crippen molar-refractivity contribution in [1.82, 2.24) is 19.9 Å². The maximum absolute atomic E-state index is 13.1. The van der Waals surface area contributed by atoms with Gasteiger partial charge in [0, 0.05) is 23.6 Å². The summed E-state index contributed by atoms with van der Waals surface area (Å²) in [5.41, 5.74) is 9.85. The van der Waals surface area contributed by atoms with Crippen LogP contribution < -0.4 is 5.32 Å². The van der Waals surface area contributed by atoms with Gasteiger partial charge in [0.15, 0.2) is 5.82 Å². The van der Waals surface area contributed by atoms with E-state index in [9.17, 15) is 8.78 Å². The third-order valence-electron chi connectivity index (χ3n) is 8.32. The lowest BCUT2D eigenvalue weighted by atomic mass is 9.74. The number of imidazole rings is 1. The van der Waals surface area contributed by atoms with Gasteiger partial charge in [-0.3, -0.25) is 0 Å². The van der Waals surface area contributed by atoms with Crippen molar-refractivity contribution < 1.29 is 8.78 Å². The van der Waals surface area contributed by atoms with Crippen LogP contribution in [0.4, 0.5) is 14.5 Å². The summed E-state index contributed by atoms with van der Waals surface area (Å²) >= 11 is 0. The fourth-order valence-electron chi connectivity index (χ4n) is 6.01. The monoisotopic (exact) mass is 501 g/mol. The molecule has 4 aromatic rings. The highest BCUT2D eigenvalue weighted by Crippen LogP contribution is 2.37. The van der Waals surface area contributed by atoms with Crippen LogP contribution in [0.1, 0.15) is 62.0 Å². The minimum atomic E-state index is -2.61. The SMILES string of the molecule is CC1Cc2cc(-c3ccc4nc(C(F)F)[nH]c4c3)ccc2NCC1Cc1ncnc2c1CC(C)(C)CC2. The zero-order chi connectivity index (χ0) is 25.7. The van der Waals surface area contributed by atoms with Crippen molar-refractivity contribution in [2.24, 2.45) is 17.3 Å². The topological polar surface area (TPSA) is 66.5 Å². The smallest absolute Gasteiger partial charge is 0.295 e. The number of fused-ring (bicyclic) bond motifs is 3. The molecular weight excluding hydrogens is 468 g/mol. The van der Waals surface area contributed by atoms with E-state index >= 15 is 0 Å². The molecule has 0 fully saturated rings. The van der Waals surface area contributed by atoms with Crippen molar-refractivity contribution >= 4 is 16.7 Å². The Morgan fingerprint density at radius 2 is 1.89 bits per heavy atom. The second-order valence-electron chi connectivity index (χ2n) is 11.6. The number of H-pyrrole nitrogens is 1. The van der Waals surface area contributed by atoms with E-state index in [1.165, 1.54) is 34.6 Å². The van der Waals surface area contributed by atoms with Crippen molar-refractivity contribution in [2.75, 3.05) is 11.9 Å². The van der Waals surface area contributed by atoms with Gasteiger partial charge in [0.2, 0.25) is 0 Å². The second-order valence-corrected chi connectivity index (χ2v) is 11.6. The molecular formula is C30H33F2N5. The van der Waals surface area contributed by atoms with E-state index in [4.69, 9.17) is 4.98 Å². The number of aryl methyl sites for hydroxylation is 1. The number of alkyl halides is 2. The van der Waals surface area contributed by atoms with Gasteiger partial charge >= 0.3 is 0 Å². The molecule has 2 aromatic carbocycles. The molecule has 0 bridgehead atoms. The summed E-state index contributed by atoms with van der Waals surface area (Å²) < 4.78 is 26.1. The molecule has 7 heteroatoms. The van der Waals surface area contributed by atoms with Gasteiger partial charge in [0.1, 0.15) is 6.33 Å². The number of halogens is 2. The van der Waals surface area contributed by atoms with Gasteiger partial charge < -0.3 is 10.3 Å². The maximum Gasteiger partial charge on any atom is 0.295 e. The maximum atomic E-state index is 13.1. The Morgan fingerprint density at radius 1 is 1.08 bits per heavy atom. The molecule has 2 unspecified atom stereocenters. The zero-order valence-electron chi connectivity index (χ0n) is 21.6. The Hall–Kier alpha value is -3.35. The summed E-state index contributed by atoms with van der Waals surface area (Å²) in [6, 6.07) is 12.2. The Bertz CT molecular complexity index is 1460. The average molecular weight is 502 g/mol. The van der Waals surface area contributed by atoms with E-state index in [-0.39, 0.29) is 5.82 Å². The Balaban J connectivity index is 1.24. The molecule has 0 radical (unpaired) electrons. The van der Waals surface area contributed by atoms with Crippen LogP contribution in [0.3, 0.4) is 0 Å². The second kappa shape index (κ2) is 9.19. The third-order valence-corrected chi connectivity index (χ3v) is 8.32. The number of anilines is 1. The lowest BCUT2D eigenvalue weighted by Crippen LogP contribution is -2.27. The van der Waals surface area contributed by atoms with Crippen LogP contribution in [0.25, 0.3) is 22.2 Å². The molecule has 6 rings (SSSR count). The van der Waals surface area contributed by atoms with Gasteiger partial charge in [-0.25, -0.2) is 23.7 Å². The molecule has 0 saturated heterocycles. The Kier molecular flexibility index (Phi) is 5.97. The van der Waals surface area contributed by atoms with Crippen LogP contribution in [-0.4, -0.2) is 26.5 Å². The van der Waals surface area contributed by atoms with Gasteiger partial charge in [-0.15, -0.1) is 0 Å². The molecule has 0 saturated carbocycles. The molecule has 2 aromatic heterocycles. The van der Waals surface area contributed by atoms with Crippen molar-refractivity contribution in [3.63, 3.8) is 0 Å². The number of aromatic nitrogens is 4. The van der Waals surface area contributed by atoms with Gasteiger partial charge in [-0.2, -0.15) is 0 Å². The quantitative estimate of drug-likeness (QED) is 0.318. The highest BCUT2D eigenvalue weighted by atomic mass is 19.3. The summed E-state index contributed by atoms with van der Waals surface area (Å²) in [5.74, 6) is 0.663. The number of hydrogen-bond acceptors (Lipinski definition) is 4. The third kappa shape index (κ3) is 4.72. The van der Waals surface area contributed by atoms with Gasteiger partial charge in [0.25, 0.3) is 6.43 Å². The molecule has 0 spiro atoms. The van der Waals surface area contributed by atoms with E-state index in [1.54, 1.807) is 12.4 Å². The summed E-state index contributed by atoms with van der Waals surface area (Å²) in [5, 5.41) is 3.70. The number of nitrogens with one attached hydrogen (secondary N) is 2. The molecule has 5 nitrogen and oxygen atoms in total. The lowest BCUT2D eigenvalue weighted by molar-refractivity contribution is 0.142. The Morgan fingerprint density at radius 3 is 2.73 bits per heavy atom. The van der Waals surface area contributed by atoms with E-state index in [0.29, 0.717) is 28.3 Å². The number of hydrogen-bond donors (Lipinski definition) is 2.